The highest BCUT2D eigenvalue weighted by molar-refractivity contribution is 5.99. The number of piperidine rings is 1. The summed E-state index contributed by atoms with van der Waals surface area (Å²) in [5, 5.41) is 16.5. The molecule has 38 heavy (non-hydrogen) atoms. The number of anilines is 1. The number of benzene rings is 1. The molecule has 1 aromatic carbocycles. The van der Waals surface area contributed by atoms with Crippen molar-refractivity contribution in [2.24, 2.45) is 16.8 Å². The highest BCUT2D eigenvalue weighted by atomic mass is 19.1. The molecule has 1 saturated heterocycles. The van der Waals surface area contributed by atoms with Gasteiger partial charge in [-0.3, -0.25) is 9.59 Å². The summed E-state index contributed by atoms with van der Waals surface area (Å²) in [6, 6.07) is -0.264. The van der Waals surface area contributed by atoms with Gasteiger partial charge in [-0.15, -0.1) is 0 Å². The molecule has 206 valence electrons. The number of aromatic carboxylic acids is 1. The van der Waals surface area contributed by atoms with Crippen molar-refractivity contribution < 1.29 is 28.7 Å². The average molecular weight is 532 g/mol. The van der Waals surface area contributed by atoms with Crippen molar-refractivity contribution in [1.29, 1.82) is 0 Å². The molecule has 12 heteroatoms. The smallest absolute Gasteiger partial charge is 0.341 e. The third-order valence-corrected chi connectivity index (χ3v) is 7.42. The number of carbonyl (C=O) groups excluding carboxylic acids is 1. The first kappa shape index (κ1) is 27.4. The molecule has 2 fully saturated rings. The van der Waals surface area contributed by atoms with Gasteiger partial charge in [-0.2, -0.15) is 0 Å². The van der Waals surface area contributed by atoms with Gasteiger partial charge in [-0.1, -0.05) is 25.4 Å². The first-order valence-corrected chi connectivity index (χ1v) is 12.7. The van der Waals surface area contributed by atoms with Crippen LogP contribution in [0.4, 0.5) is 10.1 Å². The molecule has 0 spiro atoms. The molecule has 1 saturated carbocycles. The lowest BCUT2D eigenvalue weighted by Gasteiger charge is -2.37. The number of aromatic nitrogens is 1. The second kappa shape index (κ2) is 11.0. The van der Waals surface area contributed by atoms with E-state index in [1.54, 1.807) is 9.47 Å². The summed E-state index contributed by atoms with van der Waals surface area (Å²) in [6.07, 6.45) is 4.02. The summed E-state index contributed by atoms with van der Waals surface area (Å²) in [4.78, 5) is 44.3. The van der Waals surface area contributed by atoms with Crippen molar-refractivity contribution in [2.75, 3.05) is 32.2 Å². The van der Waals surface area contributed by atoms with Crippen LogP contribution in [0.3, 0.4) is 0 Å². The van der Waals surface area contributed by atoms with Crippen molar-refractivity contribution in [3.63, 3.8) is 0 Å². The maximum atomic E-state index is 15.7. The molecule has 1 aromatic heterocycles. The van der Waals surface area contributed by atoms with E-state index in [0.717, 1.165) is 25.3 Å². The molecule has 1 aliphatic heterocycles. The van der Waals surface area contributed by atoms with E-state index >= 15 is 4.39 Å². The van der Waals surface area contributed by atoms with Gasteiger partial charge in [0.1, 0.15) is 18.4 Å². The number of halogens is 1. The molecule has 1 aliphatic carbocycles. The first-order valence-electron chi connectivity index (χ1n) is 12.7. The lowest BCUT2D eigenvalue weighted by Crippen LogP contribution is -2.57. The molecule has 4 rings (SSSR count). The molecule has 0 bridgehead atoms. The molecule has 4 N–H and O–H groups in total. The number of carboxylic acids is 1. The molecular weight excluding hydrogens is 497 g/mol. The Morgan fingerprint density at radius 2 is 2.05 bits per heavy atom. The van der Waals surface area contributed by atoms with E-state index in [0.29, 0.717) is 24.2 Å². The highest BCUT2D eigenvalue weighted by Gasteiger charge is 2.35. The number of hydrogen-bond donors (Lipinski definition) is 3. The van der Waals surface area contributed by atoms with Crippen LogP contribution in [0, 0.1) is 11.7 Å². The largest absolute Gasteiger partial charge is 0.492 e. The van der Waals surface area contributed by atoms with Gasteiger partial charge < -0.3 is 35.2 Å². The summed E-state index contributed by atoms with van der Waals surface area (Å²) in [7, 11) is 2.80. The van der Waals surface area contributed by atoms with Crippen molar-refractivity contribution in [3.8, 4) is 5.75 Å². The Balaban J connectivity index is 1.79. The standard InChI is InChI=1S/C26H34FN5O6/c1-5-13(2)20(28)25(34)29-19-12-31(9-8-18(19)30-38-4)22-17(27)10-15-21(24(22)37-3)32(14-6-7-14)11-16(23(15)33)26(35)36/h10-11,13-14,19-20H,5-9,12,28H2,1-4H3,(H,29,34)(H,35,36)/b30-18+/t13-,19?,20-/m0/s1. The minimum atomic E-state index is -1.37. The maximum Gasteiger partial charge on any atom is 0.341 e. The Morgan fingerprint density at radius 1 is 1.34 bits per heavy atom. The van der Waals surface area contributed by atoms with Crippen LogP contribution in [0.1, 0.15) is 55.9 Å². The van der Waals surface area contributed by atoms with Crippen LogP contribution < -0.4 is 26.1 Å². The van der Waals surface area contributed by atoms with Gasteiger partial charge in [-0.25, -0.2) is 9.18 Å². The third-order valence-electron chi connectivity index (χ3n) is 7.42. The van der Waals surface area contributed by atoms with Gasteiger partial charge >= 0.3 is 5.97 Å². The van der Waals surface area contributed by atoms with E-state index in [4.69, 9.17) is 15.3 Å². The number of nitrogens with two attached hydrogens (primary N) is 1. The van der Waals surface area contributed by atoms with E-state index < -0.39 is 34.9 Å². The van der Waals surface area contributed by atoms with Crippen LogP contribution in [0.5, 0.6) is 5.75 Å². The van der Waals surface area contributed by atoms with Gasteiger partial charge in [0.15, 0.2) is 11.6 Å². The fraction of sp³-hybridized carbons (Fsp3) is 0.538. The van der Waals surface area contributed by atoms with Gasteiger partial charge in [0, 0.05) is 31.7 Å². The Labute approximate surface area is 219 Å². The summed E-state index contributed by atoms with van der Waals surface area (Å²) in [6.45, 7) is 4.34. The van der Waals surface area contributed by atoms with E-state index in [-0.39, 0.29) is 41.2 Å². The van der Waals surface area contributed by atoms with Crippen molar-refractivity contribution in [2.45, 2.75) is 57.7 Å². The zero-order chi connectivity index (χ0) is 27.7. The Bertz CT molecular complexity index is 1340. The average Bonchev–Trinajstić information content (AvgIpc) is 3.74. The van der Waals surface area contributed by atoms with Gasteiger partial charge in [0.25, 0.3) is 0 Å². The number of carbonyl (C=O) groups is 2. The van der Waals surface area contributed by atoms with Crippen LogP contribution in [0.2, 0.25) is 0 Å². The maximum absolute atomic E-state index is 15.7. The quantitative estimate of drug-likeness (QED) is 0.417. The Morgan fingerprint density at radius 3 is 2.63 bits per heavy atom. The highest BCUT2D eigenvalue weighted by Crippen LogP contribution is 2.44. The summed E-state index contributed by atoms with van der Waals surface area (Å²) in [5.74, 6) is -2.35. The summed E-state index contributed by atoms with van der Waals surface area (Å²) >= 11 is 0. The summed E-state index contributed by atoms with van der Waals surface area (Å²) < 4.78 is 23.1. The van der Waals surface area contributed by atoms with Crippen molar-refractivity contribution in [1.82, 2.24) is 9.88 Å². The van der Waals surface area contributed by atoms with Gasteiger partial charge in [0.05, 0.1) is 35.8 Å². The lowest BCUT2D eigenvalue weighted by molar-refractivity contribution is -0.123. The molecule has 3 atom stereocenters. The van der Waals surface area contributed by atoms with Crippen LogP contribution in [-0.4, -0.2) is 66.7 Å². The van der Waals surface area contributed by atoms with E-state index in [1.807, 2.05) is 13.8 Å². The number of oxime groups is 1. The minimum absolute atomic E-state index is 0.0146. The van der Waals surface area contributed by atoms with Crippen molar-refractivity contribution >= 4 is 34.2 Å². The lowest BCUT2D eigenvalue weighted by atomic mass is 9.97. The fourth-order valence-electron chi connectivity index (χ4n) is 4.90. The molecule has 2 aliphatic rings. The number of fused-ring (bicyclic) bond motifs is 1. The number of nitrogens with zero attached hydrogens (tertiary/aromatic N) is 3. The van der Waals surface area contributed by atoms with Crippen molar-refractivity contribution in [3.05, 3.63) is 33.9 Å². The predicted molar refractivity (Wildman–Crippen MR) is 141 cm³/mol. The number of nitrogens with one attached hydrogen (secondary N) is 1. The molecule has 1 amide bonds. The van der Waals surface area contributed by atoms with Gasteiger partial charge in [-0.05, 0) is 24.8 Å². The molecule has 2 heterocycles. The minimum Gasteiger partial charge on any atom is -0.492 e. The normalized spacial score (nSPS) is 20.3. The third kappa shape index (κ3) is 5.04. The topological polar surface area (TPSA) is 148 Å². The van der Waals surface area contributed by atoms with Gasteiger partial charge in [0.2, 0.25) is 11.3 Å². The van der Waals surface area contributed by atoms with E-state index in [1.165, 1.54) is 20.4 Å². The van der Waals surface area contributed by atoms with Crippen LogP contribution in [0.15, 0.2) is 22.2 Å². The Hall–Kier alpha value is -3.67. The number of ether oxygens (including phenoxy) is 1. The van der Waals surface area contributed by atoms with E-state index in [2.05, 4.69) is 10.5 Å². The summed E-state index contributed by atoms with van der Waals surface area (Å²) in [5.41, 5.74) is 6.00. The number of methoxy groups -OCH3 is 1. The number of carboxylic acid groups (broad SMARTS) is 1. The van der Waals surface area contributed by atoms with E-state index in [9.17, 15) is 19.5 Å². The predicted octanol–water partition coefficient (Wildman–Crippen LogP) is 2.25. The fourth-order valence-corrected chi connectivity index (χ4v) is 4.90. The second-order valence-corrected chi connectivity index (χ2v) is 9.89. The zero-order valence-electron chi connectivity index (χ0n) is 22.0. The number of pyridine rings is 1. The first-order chi connectivity index (χ1) is 18.1. The SMILES string of the molecule is CC[C@H](C)[C@H](N)C(=O)NC1CN(c2c(F)cc3c(=O)c(C(=O)O)cn(C4CC4)c3c2OC)CC/C1=N\OC. The van der Waals surface area contributed by atoms with Crippen LogP contribution in [-0.2, 0) is 9.63 Å². The number of hydrogen-bond acceptors (Lipinski definition) is 8. The number of amides is 1. The molecule has 11 nitrogen and oxygen atoms in total. The zero-order valence-corrected chi connectivity index (χ0v) is 22.0. The van der Waals surface area contributed by atoms with Crippen LogP contribution >= 0.6 is 0 Å². The molecule has 2 aromatic rings. The Kier molecular flexibility index (Phi) is 7.91. The molecular formula is C26H34FN5O6. The monoisotopic (exact) mass is 531 g/mol. The number of rotatable bonds is 9. The molecule has 1 unspecified atom stereocenters. The molecule has 0 radical (unpaired) electrons. The van der Waals surface area contributed by atoms with Crippen LogP contribution in [0.25, 0.3) is 10.9 Å². The second-order valence-electron chi connectivity index (χ2n) is 9.89.